The maximum Gasteiger partial charge on any atom is 0.326 e. The van der Waals surface area contributed by atoms with Gasteiger partial charge in [0.25, 0.3) is 0 Å². The van der Waals surface area contributed by atoms with E-state index in [4.69, 9.17) is 22.3 Å². The molecule has 16 nitrogen and oxygen atoms in total. The molecule has 0 spiro atoms. The molecule has 0 saturated carbocycles. The zero-order valence-corrected chi connectivity index (χ0v) is 20.6. The third-order valence-corrected chi connectivity index (χ3v) is 5.20. The molecule has 4 unspecified atom stereocenters. The Morgan fingerprint density at radius 2 is 1.59 bits per heavy atom. The maximum atomic E-state index is 13.2. The van der Waals surface area contributed by atoms with Crippen molar-refractivity contribution in [1.29, 1.82) is 0 Å². The van der Waals surface area contributed by atoms with Crippen LogP contribution in [0.4, 0.5) is 0 Å². The van der Waals surface area contributed by atoms with E-state index in [0.29, 0.717) is 5.69 Å². The van der Waals surface area contributed by atoms with E-state index in [0.717, 1.165) is 0 Å². The summed E-state index contributed by atoms with van der Waals surface area (Å²) in [5.74, 6) is -5.68. The van der Waals surface area contributed by atoms with Gasteiger partial charge in [-0.25, -0.2) is 9.78 Å². The normalized spacial score (nSPS) is 14.1. The predicted molar refractivity (Wildman–Crippen MR) is 131 cm³/mol. The molecule has 16 heteroatoms. The number of hydrogen-bond donors (Lipinski definition) is 9. The third kappa shape index (κ3) is 11.4. The molecule has 0 radical (unpaired) electrons. The highest BCUT2D eigenvalue weighted by molar-refractivity contribution is 5.94. The van der Waals surface area contributed by atoms with Crippen LogP contribution in [0.25, 0.3) is 0 Å². The Morgan fingerprint density at radius 3 is 2.11 bits per heavy atom. The van der Waals surface area contributed by atoms with E-state index >= 15 is 0 Å². The van der Waals surface area contributed by atoms with Crippen LogP contribution in [0.2, 0.25) is 0 Å². The summed E-state index contributed by atoms with van der Waals surface area (Å²) in [6.07, 6.45) is 2.15. The summed E-state index contributed by atoms with van der Waals surface area (Å²) in [5.41, 5.74) is 17.0. The van der Waals surface area contributed by atoms with Crippen LogP contribution in [0.3, 0.4) is 0 Å². The second-order valence-corrected chi connectivity index (χ2v) is 8.62. The number of rotatable bonds is 16. The zero-order chi connectivity index (χ0) is 28.1. The Hall–Kier alpha value is -4.21. The van der Waals surface area contributed by atoms with Gasteiger partial charge in [-0.1, -0.05) is 13.8 Å². The first kappa shape index (κ1) is 30.8. The number of carbonyl (C=O) groups is 5. The summed E-state index contributed by atoms with van der Waals surface area (Å²) in [7, 11) is 0. The van der Waals surface area contributed by atoms with Crippen LogP contribution in [0, 0.1) is 5.92 Å². The molecular formula is C21H35N9O7. The van der Waals surface area contributed by atoms with Crippen molar-refractivity contribution in [3.05, 3.63) is 18.2 Å². The van der Waals surface area contributed by atoms with Gasteiger partial charge in [0.05, 0.1) is 18.8 Å². The minimum atomic E-state index is -1.73. The Labute approximate surface area is 212 Å². The molecule has 1 rings (SSSR count). The molecule has 3 amide bonds. The minimum absolute atomic E-state index is 0.0124. The van der Waals surface area contributed by atoms with E-state index in [1.165, 1.54) is 12.5 Å². The Morgan fingerprint density at radius 1 is 1.00 bits per heavy atom. The monoisotopic (exact) mass is 525 g/mol. The molecule has 1 heterocycles. The number of imidazole rings is 1. The summed E-state index contributed by atoms with van der Waals surface area (Å²) in [5, 5.41) is 25.4. The smallest absolute Gasteiger partial charge is 0.326 e. The van der Waals surface area contributed by atoms with Gasteiger partial charge in [-0.15, -0.1) is 0 Å². The van der Waals surface area contributed by atoms with Crippen molar-refractivity contribution in [2.24, 2.45) is 28.1 Å². The standard InChI is InChI=1S/C21H35N9O7/c1-10(2)16(22)19(35)29-13(6-11-8-25-9-27-11)18(34)28-12(4-3-5-26-21(23)24)17(33)30-14(20(36)37)7-15(31)32/h8-10,12-14,16H,3-7,22H2,1-2H3,(H,25,27)(H,28,34)(H,29,35)(H,30,33)(H,31,32)(H,36,37)(H4,23,24,26). The molecule has 1 aromatic heterocycles. The number of nitrogens with one attached hydrogen (secondary N) is 4. The number of carbonyl (C=O) groups excluding carboxylic acids is 3. The molecule has 206 valence electrons. The van der Waals surface area contributed by atoms with Crippen molar-refractivity contribution in [3.63, 3.8) is 0 Å². The second kappa shape index (κ2) is 15.0. The summed E-state index contributed by atoms with van der Waals surface area (Å²) >= 11 is 0. The van der Waals surface area contributed by atoms with Gasteiger partial charge in [0.1, 0.15) is 18.1 Å². The zero-order valence-electron chi connectivity index (χ0n) is 20.6. The van der Waals surface area contributed by atoms with E-state index in [9.17, 15) is 29.1 Å². The fourth-order valence-corrected chi connectivity index (χ4v) is 3.09. The van der Waals surface area contributed by atoms with E-state index < -0.39 is 60.2 Å². The number of guanidine groups is 1. The van der Waals surface area contributed by atoms with Crippen LogP contribution in [0.1, 0.15) is 38.8 Å². The molecule has 0 fully saturated rings. The number of nitrogens with two attached hydrogens (primary N) is 3. The maximum absolute atomic E-state index is 13.2. The van der Waals surface area contributed by atoms with Gasteiger partial charge in [0, 0.05) is 24.9 Å². The molecule has 12 N–H and O–H groups in total. The topological polar surface area (TPSA) is 281 Å². The Balaban J connectivity index is 3.11. The number of aliphatic imine (C=N–C) groups is 1. The van der Waals surface area contributed by atoms with E-state index in [1.807, 2.05) is 0 Å². The predicted octanol–water partition coefficient (Wildman–Crippen LogP) is -3.00. The first-order valence-corrected chi connectivity index (χ1v) is 11.5. The van der Waals surface area contributed by atoms with Gasteiger partial charge >= 0.3 is 11.9 Å². The average molecular weight is 526 g/mol. The molecule has 4 atom stereocenters. The highest BCUT2D eigenvalue weighted by Crippen LogP contribution is 2.06. The third-order valence-electron chi connectivity index (χ3n) is 5.20. The van der Waals surface area contributed by atoms with Crippen LogP contribution in [-0.2, 0) is 30.4 Å². The van der Waals surface area contributed by atoms with Gasteiger partial charge in [-0.05, 0) is 18.8 Å². The van der Waals surface area contributed by atoms with Gasteiger partial charge in [-0.2, -0.15) is 0 Å². The van der Waals surface area contributed by atoms with E-state index in [-0.39, 0.29) is 37.7 Å². The average Bonchev–Trinajstić information content (AvgIpc) is 3.31. The summed E-state index contributed by atoms with van der Waals surface area (Å²) in [4.78, 5) is 71.5. The summed E-state index contributed by atoms with van der Waals surface area (Å²) in [6, 6.07) is -5.09. The number of carboxylic acid groups (broad SMARTS) is 2. The molecule has 1 aromatic rings. The number of nitrogens with zero attached hydrogens (tertiary/aromatic N) is 2. The molecule has 0 aromatic carbocycles. The quantitative estimate of drug-likeness (QED) is 0.0595. The number of aromatic amines is 1. The molecule has 0 saturated heterocycles. The Bertz CT molecular complexity index is 962. The molecule has 37 heavy (non-hydrogen) atoms. The lowest BCUT2D eigenvalue weighted by molar-refractivity contribution is -0.147. The van der Waals surface area contributed by atoms with E-state index in [1.54, 1.807) is 13.8 Å². The highest BCUT2D eigenvalue weighted by Gasteiger charge is 2.31. The van der Waals surface area contributed by atoms with Crippen LogP contribution in [0.5, 0.6) is 0 Å². The van der Waals surface area contributed by atoms with Crippen molar-refractivity contribution < 1.29 is 34.2 Å². The molecule has 0 aliphatic carbocycles. The summed E-state index contributed by atoms with van der Waals surface area (Å²) in [6.45, 7) is 3.58. The van der Waals surface area contributed by atoms with E-state index in [2.05, 4.69) is 30.9 Å². The number of aromatic nitrogens is 2. The first-order valence-electron chi connectivity index (χ1n) is 11.5. The van der Waals surface area contributed by atoms with Gasteiger partial charge < -0.3 is 48.3 Å². The lowest BCUT2D eigenvalue weighted by atomic mass is 10.0. The largest absolute Gasteiger partial charge is 0.481 e. The number of aliphatic carboxylic acids is 2. The number of amides is 3. The molecule has 0 bridgehead atoms. The first-order chi connectivity index (χ1) is 17.3. The lowest BCUT2D eigenvalue weighted by Gasteiger charge is -2.25. The molecule has 0 aliphatic rings. The van der Waals surface area contributed by atoms with Crippen LogP contribution in [-0.4, -0.2) is 86.5 Å². The number of carboxylic acids is 2. The SMILES string of the molecule is CC(C)C(N)C(=O)NC(Cc1cnc[nH]1)C(=O)NC(CCCN=C(N)N)C(=O)NC(CC(=O)O)C(=O)O. The molecule has 0 aliphatic heterocycles. The Kier molecular flexibility index (Phi) is 12.5. The van der Waals surface area contributed by atoms with Crippen molar-refractivity contribution in [2.45, 2.75) is 63.7 Å². The second-order valence-electron chi connectivity index (χ2n) is 8.62. The minimum Gasteiger partial charge on any atom is -0.481 e. The van der Waals surface area contributed by atoms with Crippen LogP contribution in [0.15, 0.2) is 17.5 Å². The van der Waals surface area contributed by atoms with Crippen molar-refractivity contribution in [1.82, 2.24) is 25.9 Å². The van der Waals surface area contributed by atoms with Crippen LogP contribution < -0.4 is 33.2 Å². The summed E-state index contributed by atoms with van der Waals surface area (Å²) < 4.78 is 0. The van der Waals surface area contributed by atoms with Crippen molar-refractivity contribution >= 4 is 35.6 Å². The van der Waals surface area contributed by atoms with Gasteiger partial charge in [0.2, 0.25) is 17.7 Å². The van der Waals surface area contributed by atoms with Crippen molar-refractivity contribution in [3.8, 4) is 0 Å². The fraction of sp³-hybridized carbons (Fsp3) is 0.571. The van der Waals surface area contributed by atoms with Gasteiger partial charge in [0.15, 0.2) is 5.96 Å². The van der Waals surface area contributed by atoms with Crippen molar-refractivity contribution in [2.75, 3.05) is 6.54 Å². The highest BCUT2D eigenvalue weighted by atomic mass is 16.4. The number of H-pyrrole nitrogens is 1. The fourth-order valence-electron chi connectivity index (χ4n) is 3.09. The van der Waals surface area contributed by atoms with Gasteiger partial charge in [-0.3, -0.25) is 24.2 Å². The lowest BCUT2D eigenvalue weighted by Crippen LogP contribution is -2.58. The number of hydrogen-bond acceptors (Lipinski definition) is 8. The van der Waals surface area contributed by atoms with Crippen LogP contribution >= 0.6 is 0 Å². The molecular weight excluding hydrogens is 490 g/mol.